The second-order valence-electron chi connectivity index (χ2n) is 7.00. The van der Waals surface area contributed by atoms with Crippen LogP contribution in [0.25, 0.3) is 0 Å². The zero-order chi connectivity index (χ0) is 19.1. The molecule has 0 spiro atoms. The van der Waals surface area contributed by atoms with Crippen LogP contribution in [0.2, 0.25) is 0 Å². The van der Waals surface area contributed by atoms with Gasteiger partial charge in [-0.05, 0) is 61.6 Å². The molecule has 1 amide bonds. The quantitative estimate of drug-likeness (QED) is 0.718. The Bertz CT molecular complexity index is 733. The van der Waals surface area contributed by atoms with Gasteiger partial charge in [0.25, 0.3) is 5.91 Å². The lowest BCUT2D eigenvalue weighted by Gasteiger charge is -2.15. The average molecular weight is 353 g/mol. The lowest BCUT2D eigenvalue weighted by atomic mass is 10.00. The monoisotopic (exact) mass is 353 g/mol. The molecule has 0 saturated carbocycles. The molecule has 1 atom stereocenters. The summed E-state index contributed by atoms with van der Waals surface area (Å²) < 4.78 is 5.48. The van der Waals surface area contributed by atoms with Crippen LogP contribution >= 0.6 is 0 Å². The van der Waals surface area contributed by atoms with Crippen molar-refractivity contribution < 1.29 is 14.3 Å². The molecule has 0 aliphatic heterocycles. The Balaban J connectivity index is 1.83. The first-order valence-electron chi connectivity index (χ1n) is 8.97. The Morgan fingerprint density at radius 3 is 2.12 bits per heavy atom. The molecule has 0 aliphatic rings. The van der Waals surface area contributed by atoms with Gasteiger partial charge in [0.15, 0.2) is 12.4 Å². The number of amides is 1. The van der Waals surface area contributed by atoms with Gasteiger partial charge in [0.1, 0.15) is 5.75 Å². The van der Waals surface area contributed by atoms with Crippen molar-refractivity contribution in [2.24, 2.45) is 5.92 Å². The van der Waals surface area contributed by atoms with E-state index < -0.39 is 0 Å². The Kier molecular flexibility index (Phi) is 6.96. The minimum Gasteiger partial charge on any atom is -0.484 e. The molecule has 0 bridgehead atoms. The number of carbonyl (C=O) groups is 2. The van der Waals surface area contributed by atoms with E-state index in [0.29, 0.717) is 17.2 Å². The van der Waals surface area contributed by atoms with E-state index in [9.17, 15) is 9.59 Å². The van der Waals surface area contributed by atoms with Crippen LogP contribution in [-0.2, 0) is 11.2 Å². The molecule has 2 aromatic rings. The third-order valence-corrected chi connectivity index (χ3v) is 4.13. The van der Waals surface area contributed by atoms with Gasteiger partial charge < -0.3 is 10.1 Å². The molecule has 0 radical (unpaired) electrons. The van der Waals surface area contributed by atoms with Crippen LogP contribution in [0, 0.1) is 5.92 Å². The van der Waals surface area contributed by atoms with Crippen LogP contribution in [0.15, 0.2) is 48.5 Å². The van der Waals surface area contributed by atoms with Gasteiger partial charge in [0, 0.05) is 5.56 Å². The Hall–Kier alpha value is -2.62. The SMILES string of the molecule is CC(=O)c1ccc(OCC(=O)N[C@H](C)c2ccc(CC(C)C)cc2)cc1. The van der Waals surface area contributed by atoms with Crippen molar-refractivity contribution >= 4 is 11.7 Å². The van der Waals surface area contributed by atoms with Gasteiger partial charge in [-0.3, -0.25) is 9.59 Å². The summed E-state index contributed by atoms with van der Waals surface area (Å²) >= 11 is 0. The highest BCUT2D eigenvalue weighted by molar-refractivity contribution is 5.94. The minimum atomic E-state index is -0.181. The first kappa shape index (κ1) is 19.7. The first-order valence-corrected chi connectivity index (χ1v) is 8.97. The fourth-order valence-electron chi connectivity index (χ4n) is 2.72. The number of Topliss-reactive ketones (excluding diaryl/α,β-unsaturated/α-hetero) is 1. The standard InChI is InChI=1S/C22H27NO3/c1-15(2)13-18-5-7-19(8-6-18)16(3)23-22(25)14-26-21-11-9-20(10-12-21)17(4)24/h5-12,15-16H,13-14H2,1-4H3,(H,23,25)/t16-/m1/s1. The number of hydrogen-bond acceptors (Lipinski definition) is 3. The lowest BCUT2D eigenvalue weighted by molar-refractivity contribution is -0.123. The van der Waals surface area contributed by atoms with Gasteiger partial charge in [-0.15, -0.1) is 0 Å². The van der Waals surface area contributed by atoms with E-state index in [-0.39, 0.29) is 24.3 Å². The maximum Gasteiger partial charge on any atom is 0.258 e. The minimum absolute atomic E-state index is 0.00234. The van der Waals surface area contributed by atoms with Crippen molar-refractivity contribution in [3.05, 3.63) is 65.2 Å². The summed E-state index contributed by atoms with van der Waals surface area (Å²) in [5, 5.41) is 2.94. The van der Waals surface area contributed by atoms with Crippen LogP contribution in [0.5, 0.6) is 5.75 Å². The predicted molar refractivity (Wildman–Crippen MR) is 103 cm³/mol. The normalized spacial score (nSPS) is 11.9. The van der Waals surface area contributed by atoms with E-state index in [2.05, 4.69) is 43.4 Å². The van der Waals surface area contributed by atoms with Crippen LogP contribution in [0.4, 0.5) is 0 Å². The highest BCUT2D eigenvalue weighted by atomic mass is 16.5. The molecule has 0 saturated heterocycles. The molecule has 138 valence electrons. The molecule has 0 heterocycles. The number of hydrogen-bond donors (Lipinski definition) is 1. The fraction of sp³-hybridized carbons (Fsp3) is 0.364. The average Bonchev–Trinajstić information content (AvgIpc) is 2.60. The first-order chi connectivity index (χ1) is 12.3. The third-order valence-electron chi connectivity index (χ3n) is 4.13. The molecular weight excluding hydrogens is 326 g/mol. The van der Waals surface area contributed by atoms with Crippen molar-refractivity contribution in [3.63, 3.8) is 0 Å². The number of ether oxygens (including phenoxy) is 1. The summed E-state index contributed by atoms with van der Waals surface area (Å²) in [5.41, 5.74) is 2.99. The molecule has 0 unspecified atom stereocenters. The second-order valence-corrected chi connectivity index (χ2v) is 7.00. The summed E-state index contributed by atoms with van der Waals surface area (Å²) in [5.74, 6) is 1.01. The third kappa shape index (κ3) is 6.03. The zero-order valence-electron chi connectivity index (χ0n) is 15.9. The maximum absolute atomic E-state index is 12.1. The van der Waals surface area contributed by atoms with E-state index in [1.165, 1.54) is 12.5 Å². The summed E-state index contributed by atoms with van der Waals surface area (Å²) in [7, 11) is 0. The molecule has 0 aromatic heterocycles. The summed E-state index contributed by atoms with van der Waals surface area (Å²) in [6.45, 7) is 7.81. The van der Waals surface area contributed by atoms with Crippen molar-refractivity contribution in [1.82, 2.24) is 5.32 Å². The maximum atomic E-state index is 12.1. The number of benzene rings is 2. The Labute approximate surface area is 155 Å². The van der Waals surface area contributed by atoms with E-state index in [4.69, 9.17) is 4.74 Å². The molecule has 2 aromatic carbocycles. The van der Waals surface area contributed by atoms with Crippen LogP contribution in [-0.4, -0.2) is 18.3 Å². The molecule has 2 rings (SSSR count). The predicted octanol–water partition coefficient (Wildman–Crippen LogP) is 4.34. The van der Waals surface area contributed by atoms with Crippen molar-refractivity contribution in [3.8, 4) is 5.75 Å². The molecule has 0 aliphatic carbocycles. The van der Waals surface area contributed by atoms with Gasteiger partial charge in [0.2, 0.25) is 0 Å². The topological polar surface area (TPSA) is 55.4 Å². The van der Waals surface area contributed by atoms with Gasteiger partial charge in [-0.2, -0.15) is 0 Å². The smallest absolute Gasteiger partial charge is 0.258 e. The van der Waals surface area contributed by atoms with Crippen LogP contribution < -0.4 is 10.1 Å². The molecule has 4 nitrogen and oxygen atoms in total. The summed E-state index contributed by atoms with van der Waals surface area (Å²) in [4.78, 5) is 23.3. The van der Waals surface area contributed by atoms with E-state index in [1.807, 2.05) is 6.92 Å². The van der Waals surface area contributed by atoms with Gasteiger partial charge in [0.05, 0.1) is 6.04 Å². The molecule has 1 N–H and O–H groups in total. The molecule has 4 heteroatoms. The van der Waals surface area contributed by atoms with Crippen molar-refractivity contribution in [1.29, 1.82) is 0 Å². The summed E-state index contributed by atoms with van der Waals surface area (Å²) in [6, 6.07) is 15.0. The largest absolute Gasteiger partial charge is 0.484 e. The van der Waals surface area contributed by atoms with Gasteiger partial charge in [-0.25, -0.2) is 0 Å². The number of nitrogens with one attached hydrogen (secondary N) is 1. The van der Waals surface area contributed by atoms with Crippen molar-refractivity contribution in [2.75, 3.05) is 6.61 Å². The summed E-state index contributed by atoms with van der Waals surface area (Å²) in [6.07, 6.45) is 1.05. The van der Waals surface area contributed by atoms with Crippen LogP contribution in [0.1, 0.15) is 55.2 Å². The van der Waals surface area contributed by atoms with E-state index >= 15 is 0 Å². The molecular formula is C22H27NO3. The molecule has 0 fully saturated rings. The fourth-order valence-corrected chi connectivity index (χ4v) is 2.72. The Morgan fingerprint density at radius 1 is 0.962 bits per heavy atom. The highest BCUT2D eigenvalue weighted by Gasteiger charge is 2.11. The second kappa shape index (κ2) is 9.18. The Morgan fingerprint density at radius 2 is 1.58 bits per heavy atom. The zero-order valence-corrected chi connectivity index (χ0v) is 15.9. The van der Waals surface area contributed by atoms with E-state index in [1.54, 1.807) is 24.3 Å². The molecule has 26 heavy (non-hydrogen) atoms. The van der Waals surface area contributed by atoms with Crippen molar-refractivity contribution in [2.45, 2.75) is 40.2 Å². The number of ketones is 1. The van der Waals surface area contributed by atoms with E-state index in [0.717, 1.165) is 12.0 Å². The van der Waals surface area contributed by atoms with Crippen LogP contribution in [0.3, 0.4) is 0 Å². The highest BCUT2D eigenvalue weighted by Crippen LogP contribution is 2.16. The van der Waals surface area contributed by atoms with Gasteiger partial charge in [-0.1, -0.05) is 38.1 Å². The van der Waals surface area contributed by atoms with Gasteiger partial charge >= 0.3 is 0 Å². The number of rotatable bonds is 8. The lowest BCUT2D eigenvalue weighted by Crippen LogP contribution is -2.31. The number of carbonyl (C=O) groups excluding carboxylic acids is 2.